The Hall–Kier alpha value is -3.06. The van der Waals surface area contributed by atoms with Crippen molar-refractivity contribution in [2.45, 2.75) is 0 Å². The molecule has 3 rings (SSSR count). The van der Waals surface area contributed by atoms with Gasteiger partial charge < -0.3 is 9.90 Å². The van der Waals surface area contributed by atoms with Gasteiger partial charge in [-0.2, -0.15) is 0 Å². The number of nitro benzene ring substituents is 1. The topological polar surface area (TPSA) is 100 Å². The van der Waals surface area contributed by atoms with Crippen LogP contribution in [0.1, 0.15) is 37.4 Å². The molecule has 0 atom stereocenters. The largest absolute Gasteiger partial charge is 1.00 e. The third-order valence-corrected chi connectivity index (χ3v) is 4.10. The molecule has 0 aliphatic heterocycles. The summed E-state index contributed by atoms with van der Waals surface area (Å²) >= 11 is 0. The third kappa shape index (κ3) is 5.26. The molecule has 0 N–H and O–H groups in total. The van der Waals surface area contributed by atoms with E-state index in [1.54, 1.807) is 36.4 Å². The first-order valence-corrected chi connectivity index (χ1v) is 8.34. The SMILES string of the molecule is O=C([O-])c1cc(C=Cc2ccccc2)c(C(=O)c2ccccc2)c([N+](=O)[O-])c1.[Na+]. The number of hydrogen-bond acceptors (Lipinski definition) is 5. The molecule has 0 aromatic heterocycles. The van der Waals surface area contributed by atoms with Crippen molar-refractivity contribution in [3.63, 3.8) is 0 Å². The van der Waals surface area contributed by atoms with Crippen LogP contribution in [0, 0.1) is 10.1 Å². The molecule has 0 bridgehead atoms. The molecule has 0 heterocycles. The summed E-state index contributed by atoms with van der Waals surface area (Å²) in [5.41, 5.74) is 0.0649. The van der Waals surface area contributed by atoms with Crippen LogP contribution in [-0.4, -0.2) is 16.7 Å². The molecule has 138 valence electrons. The molecule has 0 spiro atoms. The normalized spacial score (nSPS) is 10.3. The van der Waals surface area contributed by atoms with Crippen molar-refractivity contribution in [2.24, 2.45) is 0 Å². The van der Waals surface area contributed by atoms with Gasteiger partial charge >= 0.3 is 29.6 Å². The Morgan fingerprint density at radius 3 is 1.97 bits per heavy atom. The molecule has 29 heavy (non-hydrogen) atoms. The van der Waals surface area contributed by atoms with Gasteiger partial charge in [0.15, 0.2) is 0 Å². The Morgan fingerprint density at radius 1 is 0.828 bits per heavy atom. The van der Waals surface area contributed by atoms with E-state index in [0.717, 1.165) is 11.6 Å². The maximum Gasteiger partial charge on any atom is 1.00 e. The molecule has 7 heteroatoms. The van der Waals surface area contributed by atoms with E-state index in [2.05, 4.69) is 0 Å². The van der Waals surface area contributed by atoms with Crippen LogP contribution in [0.2, 0.25) is 0 Å². The molecule has 3 aromatic carbocycles. The smallest absolute Gasteiger partial charge is 0.545 e. The van der Waals surface area contributed by atoms with Gasteiger partial charge in [-0.05, 0) is 17.2 Å². The van der Waals surface area contributed by atoms with Crippen molar-refractivity contribution in [3.05, 3.63) is 111 Å². The van der Waals surface area contributed by atoms with Crippen molar-refractivity contribution in [2.75, 3.05) is 0 Å². The second kappa shape index (κ2) is 9.93. The summed E-state index contributed by atoms with van der Waals surface area (Å²) in [6, 6.07) is 19.3. The summed E-state index contributed by atoms with van der Waals surface area (Å²) in [5.74, 6) is -2.12. The zero-order valence-corrected chi connectivity index (χ0v) is 17.6. The monoisotopic (exact) mass is 395 g/mol. The van der Waals surface area contributed by atoms with Crippen LogP contribution in [0.5, 0.6) is 0 Å². The van der Waals surface area contributed by atoms with Crippen LogP contribution in [0.25, 0.3) is 12.2 Å². The summed E-state index contributed by atoms with van der Waals surface area (Å²) in [6.45, 7) is 0. The zero-order valence-electron chi connectivity index (χ0n) is 15.6. The van der Waals surface area contributed by atoms with E-state index in [9.17, 15) is 24.8 Å². The van der Waals surface area contributed by atoms with E-state index in [1.165, 1.54) is 12.1 Å². The first kappa shape index (κ1) is 22.2. The fourth-order valence-corrected chi connectivity index (χ4v) is 2.77. The van der Waals surface area contributed by atoms with Crippen molar-refractivity contribution in [1.82, 2.24) is 0 Å². The van der Waals surface area contributed by atoms with E-state index in [-0.39, 0.29) is 51.8 Å². The number of aromatic carboxylic acids is 1. The van der Waals surface area contributed by atoms with Crippen LogP contribution < -0.4 is 34.7 Å². The minimum Gasteiger partial charge on any atom is -0.545 e. The van der Waals surface area contributed by atoms with Gasteiger partial charge in [0.1, 0.15) is 5.56 Å². The van der Waals surface area contributed by atoms with Gasteiger partial charge in [0, 0.05) is 17.2 Å². The maximum atomic E-state index is 13.0. The standard InChI is InChI=1S/C22H15NO5.Na/c24-21(16-9-5-2-6-10-16)20-17(12-11-15-7-3-1-4-8-15)13-18(22(25)26)14-19(20)23(27)28;/h1-14H,(H,25,26);/q;+1/p-1. The number of ketones is 1. The van der Waals surface area contributed by atoms with E-state index in [0.29, 0.717) is 0 Å². The van der Waals surface area contributed by atoms with Crippen LogP contribution in [0.15, 0.2) is 72.8 Å². The van der Waals surface area contributed by atoms with E-state index in [4.69, 9.17) is 0 Å². The summed E-state index contributed by atoms with van der Waals surface area (Å²) in [6.07, 6.45) is 3.14. The van der Waals surface area contributed by atoms with Crippen LogP contribution in [0.4, 0.5) is 5.69 Å². The molecule has 0 amide bonds. The van der Waals surface area contributed by atoms with Crippen LogP contribution in [-0.2, 0) is 0 Å². The number of carboxylic acids is 1. The Bertz CT molecular complexity index is 1080. The summed E-state index contributed by atoms with van der Waals surface area (Å²) in [7, 11) is 0. The van der Waals surface area contributed by atoms with Gasteiger partial charge in [-0.25, -0.2) is 0 Å². The van der Waals surface area contributed by atoms with Crippen LogP contribution in [0.3, 0.4) is 0 Å². The molecule has 0 unspecified atom stereocenters. The van der Waals surface area contributed by atoms with Crippen LogP contribution >= 0.6 is 0 Å². The summed E-state index contributed by atoms with van der Waals surface area (Å²) < 4.78 is 0. The number of hydrogen-bond donors (Lipinski definition) is 0. The van der Waals surface area contributed by atoms with Gasteiger partial charge in [0.05, 0.1) is 10.9 Å². The second-order valence-electron chi connectivity index (χ2n) is 5.94. The van der Waals surface area contributed by atoms with Gasteiger partial charge in [-0.1, -0.05) is 72.8 Å². The summed E-state index contributed by atoms with van der Waals surface area (Å²) in [5, 5.41) is 22.9. The van der Waals surface area contributed by atoms with Crippen molar-refractivity contribution in [3.8, 4) is 0 Å². The van der Waals surface area contributed by atoms with Crippen molar-refractivity contribution >= 4 is 29.6 Å². The van der Waals surface area contributed by atoms with E-state index in [1.807, 2.05) is 30.3 Å². The fourth-order valence-electron chi connectivity index (χ4n) is 2.77. The van der Waals surface area contributed by atoms with Crippen molar-refractivity contribution < 1.29 is 49.2 Å². The zero-order chi connectivity index (χ0) is 20.1. The Balaban J connectivity index is 0.00000300. The predicted octanol–water partition coefficient (Wildman–Crippen LogP) is 0.364. The predicted molar refractivity (Wildman–Crippen MR) is 103 cm³/mol. The van der Waals surface area contributed by atoms with Gasteiger partial charge in [0.2, 0.25) is 5.78 Å². The minimum absolute atomic E-state index is 0. The van der Waals surface area contributed by atoms with Gasteiger partial charge in [-0.3, -0.25) is 14.9 Å². The van der Waals surface area contributed by atoms with Crippen molar-refractivity contribution in [1.29, 1.82) is 0 Å². The number of rotatable bonds is 6. The second-order valence-corrected chi connectivity index (χ2v) is 5.94. The molecule has 0 saturated heterocycles. The van der Waals surface area contributed by atoms with E-state index >= 15 is 0 Å². The Labute approximate surface area is 188 Å². The number of nitro groups is 1. The maximum absolute atomic E-state index is 13.0. The molecule has 3 aromatic rings. The summed E-state index contributed by atoms with van der Waals surface area (Å²) in [4.78, 5) is 35.1. The Kier molecular flexibility index (Phi) is 7.61. The average molecular weight is 395 g/mol. The minimum atomic E-state index is -1.56. The van der Waals surface area contributed by atoms with E-state index < -0.39 is 22.4 Å². The quantitative estimate of drug-likeness (QED) is 0.197. The first-order valence-electron chi connectivity index (χ1n) is 8.34. The number of carbonyl (C=O) groups excluding carboxylic acids is 2. The number of benzene rings is 3. The third-order valence-electron chi connectivity index (χ3n) is 4.10. The average Bonchev–Trinajstić information content (AvgIpc) is 2.72. The number of nitrogens with zero attached hydrogens (tertiary/aromatic N) is 1. The molecule has 0 radical (unpaired) electrons. The molecule has 0 aliphatic carbocycles. The van der Waals surface area contributed by atoms with Gasteiger partial charge in [0.25, 0.3) is 5.69 Å². The molecular formula is C22H14NNaO5. The molecule has 6 nitrogen and oxygen atoms in total. The molecular weight excluding hydrogens is 381 g/mol. The fraction of sp³-hybridized carbons (Fsp3) is 0. The molecule has 0 fully saturated rings. The molecule has 0 saturated carbocycles. The van der Waals surface area contributed by atoms with Gasteiger partial charge in [-0.15, -0.1) is 0 Å². The first-order chi connectivity index (χ1) is 13.5. The number of carbonyl (C=O) groups is 2. The molecule has 0 aliphatic rings. The number of carboxylic acid groups (broad SMARTS) is 1. The Morgan fingerprint density at radius 2 is 1.41 bits per heavy atom.